The van der Waals surface area contributed by atoms with Crippen LogP contribution in [0.2, 0.25) is 0 Å². The van der Waals surface area contributed by atoms with E-state index in [1.54, 1.807) is 11.1 Å². The van der Waals surface area contributed by atoms with Crippen LogP contribution in [0.5, 0.6) is 0 Å². The second-order valence-corrected chi connectivity index (χ2v) is 6.63. The number of fused-ring (bicyclic) bond motifs is 4. The summed E-state index contributed by atoms with van der Waals surface area (Å²) in [5.74, 6) is 0.622. The van der Waals surface area contributed by atoms with Gasteiger partial charge in [0.1, 0.15) is 0 Å². The molecule has 106 valence electrons. The molecule has 0 saturated heterocycles. The van der Waals surface area contributed by atoms with Crippen molar-refractivity contribution in [2.45, 2.75) is 24.2 Å². The van der Waals surface area contributed by atoms with E-state index in [1.165, 1.54) is 23.1 Å². The van der Waals surface area contributed by atoms with Crippen LogP contribution in [-0.4, -0.2) is 0 Å². The van der Waals surface area contributed by atoms with Crippen molar-refractivity contribution in [1.29, 1.82) is 0 Å². The number of hydrogen-bond donors (Lipinski definition) is 0. The highest BCUT2D eigenvalue weighted by Crippen LogP contribution is 2.66. The lowest BCUT2D eigenvalue weighted by molar-refractivity contribution is 0.752. The lowest BCUT2D eigenvalue weighted by Crippen LogP contribution is -2.21. The molecule has 0 aromatic heterocycles. The molecule has 0 bridgehead atoms. The number of benzene rings is 3. The molecule has 0 heterocycles. The summed E-state index contributed by atoms with van der Waals surface area (Å²) in [5, 5.41) is 0. The predicted octanol–water partition coefficient (Wildman–Crippen LogP) is 5.06. The molecule has 0 radical (unpaired) electrons. The second-order valence-electron chi connectivity index (χ2n) is 6.63. The summed E-state index contributed by atoms with van der Waals surface area (Å²) in [7, 11) is 0. The van der Waals surface area contributed by atoms with Crippen LogP contribution < -0.4 is 0 Å². The van der Waals surface area contributed by atoms with E-state index in [0.717, 1.165) is 6.42 Å². The summed E-state index contributed by atoms with van der Waals surface area (Å²) >= 11 is 0. The van der Waals surface area contributed by atoms with E-state index in [9.17, 15) is 0 Å². The molecule has 1 spiro atoms. The van der Waals surface area contributed by atoms with E-state index in [1.807, 2.05) is 0 Å². The standard InChI is InChI=1S/C22H18/c1-2-8-16(9-3-1)21-15-22(21)19-12-6-4-10-17(19)14-18-11-5-7-13-20(18)22/h1-13,21H,14-15H2. The van der Waals surface area contributed by atoms with Gasteiger partial charge in [-0.3, -0.25) is 0 Å². The molecule has 1 saturated carbocycles. The third kappa shape index (κ3) is 1.53. The Bertz CT molecular complexity index is 799. The zero-order valence-corrected chi connectivity index (χ0v) is 12.5. The highest BCUT2D eigenvalue weighted by atomic mass is 14.6. The van der Waals surface area contributed by atoms with Gasteiger partial charge >= 0.3 is 0 Å². The van der Waals surface area contributed by atoms with Crippen molar-refractivity contribution in [2.24, 2.45) is 0 Å². The van der Waals surface area contributed by atoms with Gasteiger partial charge < -0.3 is 0 Å². The Balaban J connectivity index is 1.73. The third-order valence-electron chi connectivity index (χ3n) is 5.54. The summed E-state index contributed by atoms with van der Waals surface area (Å²) in [6.45, 7) is 0. The fraction of sp³-hybridized carbons (Fsp3) is 0.182. The molecule has 2 aliphatic rings. The topological polar surface area (TPSA) is 0 Å². The van der Waals surface area contributed by atoms with Gasteiger partial charge in [-0.2, -0.15) is 0 Å². The average Bonchev–Trinajstić information content (AvgIpc) is 3.32. The Kier molecular flexibility index (Phi) is 2.41. The van der Waals surface area contributed by atoms with Crippen LogP contribution in [-0.2, 0) is 11.8 Å². The number of rotatable bonds is 1. The van der Waals surface area contributed by atoms with Gasteiger partial charge in [-0.25, -0.2) is 0 Å². The molecule has 1 fully saturated rings. The molecule has 0 N–H and O–H groups in total. The third-order valence-corrected chi connectivity index (χ3v) is 5.54. The Morgan fingerprint density at radius 3 is 1.82 bits per heavy atom. The molecular formula is C22H18. The zero-order valence-electron chi connectivity index (χ0n) is 12.5. The van der Waals surface area contributed by atoms with Gasteiger partial charge in [-0.1, -0.05) is 78.9 Å². The van der Waals surface area contributed by atoms with E-state index >= 15 is 0 Å². The van der Waals surface area contributed by atoms with Gasteiger partial charge in [-0.05, 0) is 46.6 Å². The maximum Gasteiger partial charge on any atom is 0.0283 e. The SMILES string of the molecule is c1ccc(C2CC23c2ccccc2Cc2ccccc23)cc1. The predicted molar refractivity (Wildman–Crippen MR) is 90.3 cm³/mol. The molecule has 3 aromatic carbocycles. The van der Waals surface area contributed by atoms with Crippen molar-refractivity contribution in [3.63, 3.8) is 0 Å². The van der Waals surface area contributed by atoms with E-state index in [2.05, 4.69) is 78.9 Å². The van der Waals surface area contributed by atoms with Crippen LogP contribution in [0.25, 0.3) is 0 Å². The zero-order chi connectivity index (χ0) is 14.6. The van der Waals surface area contributed by atoms with E-state index < -0.39 is 0 Å². The van der Waals surface area contributed by atoms with Crippen molar-refractivity contribution >= 4 is 0 Å². The molecule has 0 amide bonds. The van der Waals surface area contributed by atoms with Crippen molar-refractivity contribution in [3.8, 4) is 0 Å². The van der Waals surface area contributed by atoms with Crippen LogP contribution in [0.4, 0.5) is 0 Å². The maximum absolute atomic E-state index is 2.36. The average molecular weight is 282 g/mol. The summed E-state index contributed by atoms with van der Waals surface area (Å²) in [6.07, 6.45) is 2.32. The number of hydrogen-bond acceptors (Lipinski definition) is 0. The summed E-state index contributed by atoms with van der Waals surface area (Å²) in [4.78, 5) is 0. The second kappa shape index (κ2) is 4.33. The van der Waals surface area contributed by atoms with E-state index in [-0.39, 0.29) is 5.41 Å². The van der Waals surface area contributed by atoms with Crippen LogP contribution in [0.1, 0.15) is 40.2 Å². The molecular weight excluding hydrogens is 264 g/mol. The monoisotopic (exact) mass is 282 g/mol. The Hall–Kier alpha value is -2.34. The fourth-order valence-corrected chi connectivity index (χ4v) is 4.52. The Morgan fingerprint density at radius 1 is 0.636 bits per heavy atom. The first-order valence-electron chi connectivity index (χ1n) is 8.11. The van der Waals surface area contributed by atoms with Gasteiger partial charge in [0.2, 0.25) is 0 Å². The van der Waals surface area contributed by atoms with Crippen molar-refractivity contribution in [1.82, 2.24) is 0 Å². The maximum atomic E-state index is 2.36. The highest BCUT2D eigenvalue weighted by Gasteiger charge is 2.59. The first-order valence-corrected chi connectivity index (χ1v) is 8.11. The normalized spacial score (nSPS) is 20.3. The van der Waals surface area contributed by atoms with Crippen molar-refractivity contribution < 1.29 is 0 Å². The minimum Gasteiger partial charge on any atom is -0.0622 e. The van der Waals surface area contributed by atoms with Gasteiger partial charge in [-0.15, -0.1) is 0 Å². The first kappa shape index (κ1) is 12.2. The summed E-state index contributed by atoms with van der Waals surface area (Å²) < 4.78 is 0. The van der Waals surface area contributed by atoms with E-state index in [4.69, 9.17) is 0 Å². The van der Waals surface area contributed by atoms with Crippen LogP contribution in [0.15, 0.2) is 78.9 Å². The molecule has 0 aliphatic heterocycles. The Labute approximate surface area is 131 Å². The van der Waals surface area contributed by atoms with Gasteiger partial charge in [0.05, 0.1) is 0 Å². The Morgan fingerprint density at radius 2 is 1.18 bits per heavy atom. The van der Waals surface area contributed by atoms with Crippen LogP contribution in [0, 0.1) is 0 Å². The quantitative estimate of drug-likeness (QED) is 0.585. The largest absolute Gasteiger partial charge is 0.0622 e. The van der Waals surface area contributed by atoms with Crippen LogP contribution >= 0.6 is 0 Å². The van der Waals surface area contributed by atoms with Crippen molar-refractivity contribution in [3.05, 3.63) is 107 Å². The molecule has 1 atom stereocenters. The lowest BCUT2D eigenvalue weighted by Gasteiger charge is -2.30. The molecule has 1 unspecified atom stereocenters. The van der Waals surface area contributed by atoms with Crippen molar-refractivity contribution in [2.75, 3.05) is 0 Å². The highest BCUT2D eigenvalue weighted by molar-refractivity contribution is 5.61. The molecule has 2 aliphatic carbocycles. The molecule has 22 heavy (non-hydrogen) atoms. The van der Waals surface area contributed by atoms with Crippen LogP contribution in [0.3, 0.4) is 0 Å². The molecule has 0 nitrogen and oxygen atoms in total. The summed E-state index contributed by atoms with van der Waals surface area (Å²) in [6, 6.07) is 29.1. The van der Waals surface area contributed by atoms with Gasteiger partial charge in [0.15, 0.2) is 0 Å². The molecule has 5 rings (SSSR count). The smallest absolute Gasteiger partial charge is 0.0283 e. The van der Waals surface area contributed by atoms with E-state index in [0.29, 0.717) is 5.92 Å². The van der Waals surface area contributed by atoms with Gasteiger partial charge in [0, 0.05) is 5.41 Å². The minimum atomic E-state index is 0.215. The lowest BCUT2D eigenvalue weighted by atomic mass is 9.73. The molecule has 0 heteroatoms. The minimum absolute atomic E-state index is 0.215. The fourth-order valence-electron chi connectivity index (χ4n) is 4.52. The summed E-state index contributed by atoms with van der Waals surface area (Å²) in [5.41, 5.74) is 7.84. The van der Waals surface area contributed by atoms with Gasteiger partial charge in [0.25, 0.3) is 0 Å². The molecule has 3 aromatic rings. The first-order chi connectivity index (χ1) is 10.9.